The van der Waals surface area contributed by atoms with Crippen LogP contribution in [0.15, 0.2) is 52.0 Å². The Morgan fingerprint density at radius 2 is 1.82 bits per heavy atom. The van der Waals surface area contributed by atoms with E-state index in [1.807, 2.05) is 5.32 Å². The van der Waals surface area contributed by atoms with E-state index in [2.05, 4.69) is 9.46 Å². The van der Waals surface area contributed by atoms with Crippen molar-refractivity contribution in [3.63, 3.8) is 0 Å². The van der Waals surface area contributed by atoms with E-state index in [9.17, 15) is 22.8 Å². The smallest absolute Gasteiger partial charge is 0.307 e. The van der Waals surface area contributed by atoms with Gasteiger partial charge in [0, 0.05) is 6.54 Å². The fraction of sp³-hybridized carbons (Fsp3) is 0.235. The molecule has 0 atom stereocenters. The molecule has 0 aliphatic heterocycles. The van der Waals surface area contributed by atoms with Crippen LogP contribution in [0.1, 0.15) is 17.0 Å². The number of carbonyl (C=O) groups is 3. The van der Waals surface area contributed by atoms with Crippen LogP contribution in [-0.2, 0) is 24.3 Å². The maximum Gasteiger partial charge on any atom is 0.307 e. The molecule has 1 aromatic heterocycles. The minimum Gasteiger partial charge on any atom is -0.497 e. The van der Waals surface area contributed by atoms with Gasteiger partial charge in [0.15, 0.2) is 12.4 Å². The van der Waals surface area contributed by atoms with Gasteiger partial charge in [-0.2, -0.15) is 0 Å². The van der Waals surface area contributed by atoms with Crippen LogP contribution in [0.4, 0.5) is 0 Å². The molecule has 0 spiro atoms. The average molecular weight is 410 g/mol. The maximum absolute atomic E-state index is 12.1. The van der Waals surface area contributed by atoms with E-state index in [0.29, 0.717) is 5.75 Å². The van der Waals surface area contributed by atoms with Gasteiger partial charge in [0.05, 0.1) is 24.7 Å². The van der Waals surface area contributed by atoms with Gasteiger partial charge in [-0.25, -0.2) is 13.1 Å². The molecule has 150 valence electrons. The Balaban J connectivity index is 1.71. The molecule has 11 heteroatoms. The van der Waals surface area contributed by atoms with E-state index in [1.165, 1.54) is 49.8 Å². The molecule has 1 aromatic carbocycles. The van der Waals surface area contributed by atoms with Crippen molar-refractivity contribution >= 4 is 27.8 Å². The number of amides is 2. The largest absolute Gasteiger partial charge is 0.497 e. The second-order valence-corrected chi connectivity index (χ2v) is 7.11. The third kappa shape index (κ3) is 6.21. The summed E-state index contributed by atoms with van der Waals surface area (Å²) in [4.78, 5) is 34.7. The molecule has 0 radical (unpaired) electrons. The second kappa shape index (κ2) is 9.67. The summed E-state index contributed by atoms with van der Waals surface area (Å²) in [5, 5.41) is 1.98. The minimum atomic E-state index is -3.80. The fourth-order valence-corrected chi connectivity index (χ4v) is 3.01. The Hall–Kier alpha value is -3.18. The van der Waals surface area contributed by atoms with Gasteiger partial charge in [0.1, 0.15) is 5.75 Å². The molecular formula is C17H18N2O8S. The quantitative estimate of drug-likeness (QED) is 0.568. The van der Waals surface area contributed by atoms with E-state index in [1.54, 1.807) is 0 Å². The Morgan fingerprint density at radius 1 is 1.11 bits per heavy atom. The van der Waals surface area contributed by atoms with Crippen molar-refractivity contribution in [3.05, 3.63) is 48.4 Å². The summed E-state index contributed by atoms with van der Waals surface area (Å²) in [6.45, 7) is -0.906. The molecule has 2 rings (SSSR count). The van der Waals surface area contributed by atoms with Crippen molar-refractivity contribution in [1.29, 1.82) is 0 Å². The number of hydrogen-bond acceptors (Lipinski definition) is 8. The van der Waals surface area contributed by atoms with Gasteiger partial charge in [-0.3, -0.25) is 19.7 Å². The summed E-state index contributed by atoms with van der Waals surface area (Å²) in [6.07, 6.45) is 0.973. The van der Waals surface area contributed by atoms with Gasteiger partial charge in [-0.05, 0) is 36.4 Å². The molecule has 0 bridgehead atoms. The Kier molecular flexibility index (Phi) is 7.29. The molecule has 2 N–H and O–H groups in total. The van der Waals surface area contributed by atoms with Crippen molar-refractivity contribution < 1.29 is 36.7 Å². The Morgan fingerprint density at radius 3 is 2.43 bits per heavy atom. The summed E-state index contributed by atoms with van der Waals surface area (Å²) in [7, 11) is -2.34. The third-order valence-electron chi connectivity index (χ3n) is 3.35. The van der Waals surface area contributed by atoms with Gasteiger partial charge in [0.2, 0.25) is 10.0 Å². The number of furan rings is 1. The SMILES string of the molecule is COc1ccc(S(=O)(=O)NCCC(=O)OCC(=O)NC(=O)c2ccco2)cc1. The third-order valence-corrected chi connectivity index (χ3v) is 4.83. The van der Waals surface area contributed by atoms with Crippen molar-refractivity contribution in [2.45, 2.75) is 11.3 Å². The zero-order valence-corrected chi connectivity index (χ0v) is 15.7. The number of esters is 1. The normalized spacial score (nSPS) is 10.9. The van der Waals surface area contributed by atoms with Gasteiger partial charge in [-0.1, -0.05) is 0 Å². The Bertz CT molecular complexity index is 921. The average Bonchev–Trinajstić information content (AvgIpc) is 3.21. The maximum atomic E-state index is 12.1. The highest BCUT2D eigenvalue weighted by atomic mass is 32.2. The molecule has 0 unspecified atom stereocenters. The number of methoxy groups -OCH3 is 1. The first-order chi connectivity index (χ1) is 13.3. The number of imide groups is 1. The first-order valence-corrected chi connectivity index (χ1v) is 9.47. The van der Waals surface area contributed by atoms with Crippen LogP contribution in [0, 0.1) is 0 Å². The zero-order valence-electron chi connectivity index (χ0n) is 14.8. The van der Waals surface area contributed by atoms with E-state index < -0.39 is 34.4 Å². The van der Waals surface area contributed by atoms with E-state index >= 15 is 0 Å². The summed E-state index contributed by atoms with van der Waals surface area (Å²) in [5.74, 6) is -1.97. The lowest BCUT2D eigenvalue weighted by molar-refractivity contribution is -0.148. The fourth-order valence-electron chi connectivity index (χ4n) is 1.98. The van der Waals surface area contributed by atoms with Crippen molar-refractivity contribution in [3.8, 4) is 5.75 Å². The summed E-state index contributed by atoms with van der Waals surface area (Å²) >= 11 is 0. The van der Waals surface area contributed by atoms with E-state index in [0.717, 1.165) is 0 Å². The molecule has 0 aliphatic rings. The molecule has 0 aliphatic carbocycles. The number of hydrogen-bond donors (Lipinski definition) is 2. The number of benzene rings is 1. The van der Waals surface area contributed by atoms with Gasteiger partial charge in [-0.15, -0.1) is 0 Å². The van der Waals surface area contributed by atoms with Crippen LogP contribution < -0.4 is 14.8 Å². The van der Waals surface area contributed by atoms with Crippen molar-refractivity contribution in [2.75, 3.05) is 20.3 Å². The van der Waals surface area contributed by atoms with Gasteiger partial charge < -0.3 is 13.9 Å². The first kappa shape index (κ1) is 21.1. The van der Waals surface area contributed by atoms with Gasteiger partial charge in [0.25, 0.3) is 11.8 Å². The molecule has 0 saturated heterocycles. The lowest BCUT2D eigenvalue weighted by Crippen LogP contribution is -2.34. The summed E-state index contributed by atoms with van der Waals surface area (Å²) < 4.78 is 40.9. The van der Waals surface area contributed by atoms with Crippen molar-refractivity contribution in [2.24, 2.45) is 0 Å². The van der Waals surface area contributed by atoms with E-state index in [-0.39, 0.29) is 23.6 Å². The number of carbonyl (C=O) groups excluding carboxylic acids is 3. The molecular weight excluding hydrogens is 392 g/mol. The number of ether oxygens (including phenoxy) is 2. The highest BCUT2D eigenvalue weighted by molar-refractivity contribution is 7.89. The van der Waals surface area contributed by atoms with Crippen LogP contribution in [0.5, 0.6) is 5.75 Å². The predicted molar refractivity (Wildman–Crippen MR) is 94.9 cm³/mol. The highest BCUT2D eigenvalue weighted by Crippen LogP contribution is 2.15. The molecule has 10 nitrogen and oxygen atoms in total. The molecule has 2 amide bonds. The van der Waals surface area contributed by atoms with Crippen LogP contribution in [0.2, 0.25) is 0 Å². The van der Waals surface area contributed by atoms with Gasteiger partial charge >= 0.3 is 5.97 Å². The van der Waals surface area contributed by atoms with Crippen molar-refractivity contribution in [1.82, 2.24) is 10.0 Å². The molecule has 28 heavy (non-hydrogen) atoms. The summed E-state index contributed by atoms with van der Waals surface area (Å²) in [5.41, 5.74) is 0. The molecule has 0 saturated carbocycles. The molecule has 1 heterocycles. The van der Waals surface area contributed by atoms with E-state index in [4.69, 9.17) is 9.15 Å². The van der Waals surface area contributed by atoms with Crippen LogP contribution >= 0.6 is 0 Å². The summed E-state index contributed by atoms with van der Waals surface area (Å²) in [6, 6.07) is 8.55. The minimum absolute atomic E-state index is 0.0116. The van der Waals surface area contributed by atoms with Crippen LogP contribution in [0.25, 0.3) is 0 Å². The predicted octanol–water partition coefficient (Wildman–Crippen LogP) is 0.456. The second-order valence-electron chi connectivity index (χ2n) is 5.34. The highest BCUT2D eigenvalue weighted by Gasteiger charge is 2.16. The van der Waals surface area contributed by atoms with Crippen LogP contribution in [-0.4, -0.2) is 46.5 Å². The monoisotopic (exact) mass is 410 g/mol. The lowest BCUT2D eigenvalue weighted by Gasteiger charge is -2.08. The molecule has 0 fully saturated rings. The zero-order chi connectivity index (χ0) is 20.6. The molecule has 2 aromatic rings. The van der Waals surface area contributed by atoms with Crippen LogP contribution in [0.3, 0.4) is 0 Å². The number of rotatable bonds is 9. The lowest BCUT2D eigenvalue weighted by atomic mass is 10.3. The number of sulfonamides is 1. The first-order valence-electron chi connectivity index (χ1n) is 7.99. The standard InChI is InChI=1S/C17H18N2O8S/c1-25-12-4-6-13(7-5-12)28(23,24)18-9-8-16(21)27-11-15(20)19-17(22)14-3-2-10-26-14/h2-7,10,18H,8-9,11H2,1H3,(H,19,20,22). The topological polar surface area (TPSA) is 141 Å². The number of nitrogens with one attached hydrogen (secondary N) is 2. The Labute approximate surface area is 160 Å².